The summed E-state index contributed by atoms with van der Waals surface area (Å²) in [6.07, 6.45) is 0.480. The first kappa shape index (κ1) is 13.1. The van der Waals surface area contributed by atoms with Crippen molar-refractivity contribution < 1.29 is 5.11 Å². The fraction of sp³-hybridized carbons (Fsp3) is 0.357. The van der Waals surface area contributed by atoms with Gasteiger partial charge in [-0.25, -0.2) is 0 Å². The molecule has 0 aliphatic carbocycles. The number of rotatable bonds is 3. The summed E-state index contributed by atoms with van der Waals surface area (Å²) in [7, 11) is 1.88. The SMILES string of the molecule is Cc1cc(CC(C)(O)c2ccccc2Cl)n(C)n1. The molecule has 0 bridgehead atoms. The zero-order valence-corrected chi connectivity index (χ0v) is 11.6. The number of aryl methyl sites for hydroxylation is 2. The molecule has 2 rings (SSSR count). The number of aromatic nitrogens is 2. The molecule has 1 N–H and O–H groups in total. The smallest absolute Gasteiger partial charge is 0.0937 e. The van der Waals surface area contributed by atoms with E-state index in [1.165, 1.54) is 0 Å². The van der Waals surface area contributed by atoms with Crippen LogP contribution in [-0.2, 0) is 19.1 Å². The molecule has 0 aliphatic heterocycles. The van der Waals surface area contributed by atoms with Crippen LogP contribution in [0.2, 0.25) is 5.02 Å². The van der Waals surface area contributed by atoms with E-state index in [1.807, 2.05) is 38.2 Å². The van der Waals surface area contributed by atoms with Crippen molar-refractivity contribution in [1.29, 1.82) is 0 Å². The number of hydrogen-bond donors (Lipinski definition) is 1. The largest absolute Gasteiger partial charge is 0.385 e. The van der Waals surface area contributed by atoms with Crippen molar-refractivity contribution in [3.05, 3.63) is 52.3 Å². The average Bonchev–Trinajstić information content (AvgIpc) is 2.57. The van der Waals surface area contributed by atoms with Gasteiger partial charge in [0.15, 0.2) is 0 Å². The van der Waals surface area contributed by atoms with E-state index in [0.29, 0.717) is 11.4 Å². The van der Waals surface area contributed by atoms with Crippen LogP contribution in [0.3, 0.4) is 0 Å². The summed E-state index contributed by atoms with van der Waals surface area (Å²) in [5.41, 5.74) is 1.67. The molecule has 2 aromatic rings. The van der Waals surface area contributed by atoms with Crippen molar-refractivity contribution >= 4 is 11.6 Å². The van der Waals surface area contributed by atoms with Gasteiger partial charge in [-0.15, -0.1) is 0 Å². The van der Waals surface area contributed by atoms with Crippen LogP contribution < -0.4 is 0 Å². The molecule has 1 atom stereocenters. The molecule has 96 valence electrons. The number of nitrogens with zero attached hydrogens (tertiary/aromatic N) is 2. The van der Waals surface area contributed by atoms with E-state index in [9.17, 15) is 5.11 Å². The summed E-state index contributed by atoms with van der Waals surface area (Å²) >= 11 is 6.14. The van der Waals surface area contributed by atoms with Gasteiger partial charge in [-0.3, -0.25) is 4.68 Å². The van der Waals surface area contributed by atoms with Gasteiger partial charge >= 0.3 is 0 Å². The van der Waals surface area contributed by atoms with Gasteiger partial charge in [0.05, 0.1) is 11.3 Å². The molecule has 18 heavy (non-hydrogen) atoms. The third kappa shape index (κ3) is 2.57. The molecule has 0 spiro atoms. The lowest BCUT2D eigenvalue weighted by molar-refractivity contribution is 0.0557. The van der Waals surface area contributed by atoms with Crippen LogP contribution in [0.25, 0.3) is 0 Å². The minimum absolute atomic E-state index is 0.480. The maximum Gasteiger partial charge on any atom is 0.0937 e. The lowest BCUT2D eigenvalue weighted by atomic mass is 9.91. The summed E-state index contributed by atoms with van der Waals surface area (Å²) in [5, 5.41) is 15.5. The molecule has 0 amide bonds. The molecule has 0 saturated heterocycles. The monoisotopic (exact) mass is 264 g/mol. The Hall–Kier alpha value is -1.32. The summed E-state index contributed by atoms with van der Waals surface area (Å²) in [6.45, 7) is 3.71. The Morgan fingerprint density at radius 2 is 2.06 bits per heavy atom. The van der Waals surface area contributed by atoms with Crippen LogP contribution in [0, 0.1) is 6.92 Å². The second-order valence-electron chi connectivity index (χ2n) is 4.83. The minimum Gasteiger partial charge on any atom is -0.385 e. The third-order valence-electron chi connectivity index (χ3n) is 3.08. The molecule has 0 fully saturated rings. The first-order valence-corrected chi connectivity index (χ1v) is 6.25. The number of halogens is 1. The Morgan fingerprint density at radius 1 is 1.39 bits per heavy atom. The van der Waals surface area contributed by atoms with Gasteiger partial charge in [0.2, 0.25) is 0 Å². The first-order chi connectivity index (χ1) is 8.40. The Balaban J connectivity index is 2.32. The zero-order chi connectivity index (χ0) is 13.3. The summed E-state index contributed by atoms with van der Waals surface area (Å²) < 4.78 is 1.79. The van der Waals surface area contributed by atoms with E-state index >= 15 is 0 Å². The van der Waals surface area contributed by atoms with Gasteiger partial charge in [0, 0.05) is 29.7 Å². The van der Waals surface area contributed by atoms with Gasteiger partial charge in [-0.2, -0.15) is 5.10 Å². The van der Waals surface area contributed by atoms with Crippen LogP contribution in [-0.4, -0.2) is 14.9 Å². The molecule has 0 radical (unpaired) electrons. The maximum absolute atomic E-state index is 10.6. The van der Waals surface area contributed by atoms with Crippen molar-refractivity contribution in [2.75, 3.05) is 0 Å². The highest BCUT2D eigenvalue weighted by atomic mass is 35.5. The highest BCUT2D eigenvalue weighted by molar-refractivity contribution is 6.31. The Kier molecular flexibility index (Phi) is 3.46. The van der Waals surface area contributed by atoms with E-state index in [4.69, 9.17) is 11.6 Å². The second-order valence-corrected chi connectivity index (χ2v) is 5.24. The van der Waals surface area contributed by atoms with E-state index in [1.54, 1.807) is 17.7 Å². The molecule has 1 heterocycles. The van der Waals surface area contributed by atoms with Gasteiger partial charge in [-0.1, -0.05) is 29.8 Å². The highest BCUT2D eigenvalue weighted by Gasteiger charge is 2.27. The van der Waals surface area contributed by atoms with Crippen molar-refractivity contribution in [3.8, 4) is 0 Å². The van der Waals surface area contributed by atoms with E-state index in [2.05, 4.69) is 5.10 Å². The summed E-state index contributed by atoms with van der Waals surface area (Å²) in [4.78, 5) is 0. The zero-order valence-electron chi connectivity index (χ0n) is 10.8. The predicted molar refractivity (Wildman–Crippen MR) is 72.7 cm³/mol. The maximum atomic E-state index is 10.6. The van der Waals surface area contributed by atoms with Crippen LogP contribution in [0.4, 0.5) is 0 Å². The molecule has 3 nitrogen and oxygen atoms in total. The Bertz CT molecular complexity index is 561. The molecular weight excluding hydrogens is 248 g/mol. The second kappa shape index (κ2) is 4.75. The van der Waals surface area contributed by atoms with Gasteiger partial charge < -0.3 is 5.11 Å². The number of hydrogen-bond acceptors (Lipinski definition) is 2. The predicted octanol–water partition coefficient (Wildman–Crippen LogP) is 2.83. The van der Waals surface area contributed by atoms with Gasteiger partial charge in [0.1, 0.15) is 0 Å². The van der Waals surface area contributed by atoms with Gasteiger partial charge in [0.25, 0.3) is 0 Å². The standard InChI is InChI=1S/C14H17ClN2O/c1-10-8-11(17(3)16-10)9-14(2,18)12-6-4-5-7-13(12)15/h4-8,18H,9H2,1-3H3. The molecular formula is C14H17ClN2O. The number of aliphatic hydroxyl groups is 1. The Morgan fingerprint density at radius 3 is 2.61 bits per heavy atom. The van der Waals surface area contributed by atoms with Crippen molar-refractivity contribution in [2.45, 2.75) is 25.9 Å². The van der Waals surface area contributed by atoms with E-state index in [-0.39, 0.29) is 0 Å². The fourth-order valence-corrected chi connectivity index (χ4v) is 2.51. The van der Waals surface area contributed by atoms with E-state index in [0.717, 1.165) is 17.0 Å². The summed E-state index contributed by atoms with van der Waals surface area (Å²) in [6, 6.07) is 9.36. The van der Waals surface area contributed by atoms with Crippen LogP contribution in [0.1, 0.15) is 23.9 Å². The molecule has 0 aliphatic rings. The first-order valence-electron chi connectivity index (χ1n) is 5.87. The molecule has 1 aromatic heterocycles. The molecule has 1 unspecified atom stereocenters. The minimum atomic E-state index is -1.00. The molecule has 1 aromatic carbocycles. The van der Waals surface area contributed by atoms with Crippen LogP contribution >= 0.6 is 11.6 Å². The summed E-state index contributed by atoms with van der Waals surface area (Å²) in [5.74, 6) is 0. The lowest BCUT2D eigenvalue weighted by Gasteiger charge is -2.24. The number of benzene rings is 1. The molecule has 4 heteroatoms. The van der Waals surface area contributed by atoms with Crippen molar-refractivity contribution in [1.82, 2.24) is 9.78 Å². The average molecular weight is 265 g/mol. The van der Waals surface area contributed by atoms with Crippen molar-refractivity contribution in [2.24, 2.45) is 7.05 Å². The lowest BCUT2D eigenvalue weighted by Crippen LogP contribution is -2.26. The normalized spacial score (nSPS) is 14.5. The third-order valence-corrected chi connectivity index (χ3v) is 3.41. The van der Waals surface area contributed by atoms with E-state index < -0.39 is 5.60 Å². The molecule has 0 saturated carbocycles. The van der Waals surface area contributed by atoms with Crippen molar-refractivity contribution in [3.63, 3.8) is 0 Å². The highest BCUT2D eigenvalue weighted by Crippen LogP contribution is 2.30. The quantitative estimate of drug-likeness (QED) is 0.926. The van der Waals surface area contributed by atoms with Crippen LogP contribution in [0.15, 0.2) is 30.3 Å². The van der Waals surface area contributed by atoms with Gasteiger partial charge in [-0.05, 0) is 26.0 Å². The van der Waals surface area contributed by atoms with Crippen LogP contribution in [0.5, 0.6) is 0 Å². The fourth-order valence-electron chi connectivity index (χ4n) is 2.18. The Labute approximate surface area is 112 Å². The topological polar surface area (TPSA) is 38.0 Å².